The first kappa shape index (κ1) is 27.2. The second-order valence-electron chi connectivity index (χ2n) is 11.0. The van der Waals surface area contributed by atoms with Gasteiger partial charge in [0.15, 0.2) is 0 Å². The number of aliphatic hydroxyl groups is 1. The van der Waals surface area contributed by atoms with Gasteiger partial charge in [0.05, 0.1) is 30.2 Å². The lowest BCUT2D eigenvalue weighted by Crippen LogP contribution is -2.46. The second-order valence-corrected chi connectivity index (χ2v) is 11.0. The van der Waals surface area contributed by atoms with Gasteiger partial charge in [0, 0.05) is 0 Å². The predicted octanol–water partition coefficient (Wildman–Crippen LogP) is 4.71. The number of imide groups is 1. The molecule has 3 N–H and O–H groups in total. The highest BCUT2D eigenvalue weighted by Gasteiger charge is 2.57. The second kappa shape index (κ2) is 11.5. The van der Waals surface area contributed by atoms with Crippen LogP contribution in [-0.2, 0) is 14.2 Å². The molecule has 1 aliphatic carbocycles. The van der Waals surface area contributed by atoms with E-state index in [0.29, 0.717) is 24.9 Å². The molecule has 2 amide bonds. The van der Waals surface area contributed by atoms with Crippen LogP contribution >= 0.6 is 0 Å². The van der Waals surface area contributed by atoms with Crippen LogP contribution < -0.4 is 4.90 Å². The highest BCUT2D eigenvalue weighted by atomic mass is 16.5. The van der Waals surface area contributed by atoms with E-state index in [1.54, 1.807) is 36.4 Å². The Morgan fingerprint density at radius 1 is 0.927 bits per heavy atom. The Balaban J connectivity index is 1.31. The van der Waals surface area contributed by atoms with Crippen molar-refractivity contribution in [2.75, 3.05) is 11.5 Å². The first-order valence-electron chi connectivity index (χ1n) is 14.1. The van der Waals surface area contributed by atoms with Crippen molar-refractivity contribution in [2.45, 2.75) is 31.7 Å². The zero-order valence-electron chi connectivity index (χ0n) is 22.6. The summed E-state index contributed by atoms with van der Waals surface area (Å²) in [5, 5.41) is 31.0. The Kier molecular flexibility index (Phi) is 7.62. The van der Waals surface area contributed by atoms with Crippen LogP contribution in [0, 0.1) is 17.8 Å². The number of allylic oxidation sites excluding steroid dienone is 1. The molecule has 208 valence electrons. The zero-order chi connectivity index (χ0) is 28.5. The number of aromatic hydroxyl groups is 1. The van der Waals surface area contributed by atoms with Crippen molar-refractivity contribution in [2.24, 2.45) is 17.8 Å². The van der Waals surface area contributed by atoms with Gasteiger partial charge >= 0.3 is 7.12 Å². The number of hydrogen-bond donors (Lipinski definition) is 3. The molecule has 8 heteroatoms. The number of carbonyl (C=O) groups is 2. The third-order valence-electron chi connectivity index (χ3n) is 8.57. The number of phenols is 1. The molecule has 7 nitrogen and oxygen atoms in total. The van der Waals surface area contributed by atoms with Crippen LogP contribution in [0.3, 0.4) is 0 Å². The molecule has 2 saturated heterocycles. The third-order valence-corrected chi connectivity index (χ3v) is 8.57. The van der Waals surface area contributed by atoms with E-state index in [1.165, 1.54) is 4.90 Å². The molecule has 3 aliphatic rings. The van der Waals surface area contributed by atoms with Gasteiger partial charge in [-0.05, 0) is 83.6 Å². The summed E-state index contributed by atoms with van der Waals surface area (Å²) in [5.41, 5.74) is 5.17. The first-order valence-corrected chi connectivity index (χ1v) is 14.1. The van der Waals surface area contributed by atoms with Crippen molar-refractivity contribution in [3.8, 4) is 5.75 Å². The van der Waals surface area contributed by atoms with Crippen LogP contribution in [-0.4, -0.2) is 46.9 Å². The van der Waals surface area contributed by atoms with Gasteiger partial charge in [-0.1, -0.05) is 66.7 Å². The molecule has 2 aliphatic heterocycles. The molecule has 0 unspecified atom stereocenters. The summed E-state index contributed by atoms with van der Waals surface area (Å²) in [6.45, 7) is -0.229. The first-order chi connectivity index (χ1) is 19.9. The number of phenolic OH excluding ortho intramolecular Hbond substituents is 1. The fraction of sp³-hybridized carbons (Fsp3) is 0.273. The molecule has 0 spiro atoms. The summed E-state index contributed by atoms with van der Waals surface area (Å²) in [6.07, 6.45) is 3.19. The largest absolute Gasteiger partial charge is 0.508 e. The summed E-state index contributed by atoms with van der Waals surface area (Å²) < 4.78 is 6.08. The number of rotatable bonds is 7. The van der Waals surface area contributed by atoms with Crippen molar-refractivity contribution >= 4 is 36.3 Å². The molecule has 0 radical (unpaired) electrons. The minimum Gasteiger partial charge on any atom is -0.508 e. The molecule has 3 aromatic carbocycles. The lowest BCUT2D eigenvalue weighted by Gasteiger charge is -2.43. The van der Waals surface area contributed by atoms with E-state index in [2.05, 4.69) is 6.08 Å². The molecule has 0 saturated carbocycles. The Hall–Kier alpha value is -3.98. The molecule has 0 aromatic heterocycles. The van der Waals surface area contributed by atoms with Gasteiger partial charge in [-0.25, -0.2) is 0 Å². The molecule has 41 heavy (non-hydrogen) atoms. The number of carbonyl (C=O) groups excluding carboxylic acids is 2. The third kappa shape index (κ3) is 5.26. The van der Waals surface area contributed by atoms with Gasteiger partial charge in [0.25, 0.3) is 0 Å². The smallest absolute Gasteiger partial charge is 0.455 e. The number of amides is 2. The number of para-hydroxylation sites is 1. The molecule has 2 fully saturated rings. The lowest BCUT2D eigenvalue weighted by atomic mass is 9.58. The highest BCUT2D eigenvalue weighted by Crippen LogP contribution is 2.51. The fourth-order valence-corrected chi connectivity index (χ4v) is 6.75. The average molecular weight is 549 g/mol. The number of aliphatic hydroxyl groups excluding tert-OH is 1. The highest BCUT2D eigenvalue weighted by molar-refractivity contribution is 6.43. The Labute approximate surface area is 239 Å². The molecular weight excluding hydrogens is 517 g/mol. The number of fused-ring (bicyclic) bond motifs is 3. The van der Waals surface area contributed by atoms with Crippen LogP contribution in [0.15, 0.2) is 96.1 Å². The van der Waals surface area contributed by atoms with Crippen LogP contribution in [0.2, 0.25) is 6.32 Å². The minimum absolute atomic E-state index is 0.198. The standard InChI is InChI=1S/C33H32BNO6/c36-20-24-18-27-31(33(39)35(32(27)38)25-9-5-2-6-10-25)28-19-34(40)41-29(30(24)28)16-13-23(22-7-3-1-4-8-22)17-21-11-14-26(37)15-12-21/h1-12,14-15,17,27-29,31,36-37,40H,13,16,18-20H2/b23-17-/t27-,28+,29-,31-/m1/s1. The van der Waals surface area contributed by atoms with Crippen LogP contribution in [0.4, 0.5) is 5.69 Å². The fourth-order valence-electron chi connectivity index (χ4n) is 6.75. The van der Waals surface area contributed by atoms with E-state index in [4.69, 9.17) is 4.65 Å². The van der Waals surface area contributed by atoms with Crippen LogP contribution in [0.5, 0.6) is 5.75 Å². The number of anilines is 1. The molecule has 4 atom stereocenters. The molecular formula is C33H32BNO6. The van der Waals surface area contributed by atoms with E-state index in [0.717, 1.165) is 27.8 Å². The summed E-state index contributed by atoms with van der Waals surface area (Å²) in [5.74, 6) is -1.87. The number of benzene rings is 3. The van der Waals surface area contributed by atoms with Crippen molar-refractivity contribution in [1.29, 1.82) is 0 Å². The van der Waals surface area contributed by atoms with Crippen molar-refractivity contribution in [3.05, 3.63) is 107 Å². The van der Waals surface area contributed by atoms with E-state index in [-0.39, 0.29) is 30.5 Å². The van der Waals surface area contributed by atoms with E-state index >= 15 is 0 Å². The van der Waals surface area contributed by atoms with Crippen LogP contribution in [0.1, 0.15) is 30.4 Å². The molecule has 0 bridgehead atoms. The zero-order valence-corrected chi connectivity index (χ0v) is 22.6. The van der Waals surface area contributed by atoms with Gasteiger partial charge in [-0.3, -0.25) is 14.5 Å². The summed E-state index contributed by atoms with van der Waals surface area (Å²) in [6, 6.07) is 25.9. The summed E-state index contributed by atoms with van der Waals surface area (Å²) in [7, 11) is -1.08. The summed E-state index contributed by atoms with van der Waals surface area (Å²) >= 11 is 0. The molecule has 6 rings (SSSR count). The van der Waals surface area contributed by atoms with Gasteiger partial charge < -0.3 is 19.9 Å². The maximum atomic E-state index is 13.8. The van der Waals surface area contributed by atoms with Gasteiger partial charge in [0.2, 0.25) is 11.8 Å². The maximum Gasteiger partial charge on any atom is 0.455 e. The Morgan fingerprint density at radius 2 is 1.61 bits per heavy atom. The topological polar surface area (TPSA) is 107 Å². The predicted molar refractivity (Wildman–Crippen MR) is 157 cm³/mol. The minimum atomic E-state index is -1.08. The van der Waals surface area contributed by atoms with Gasteiger partial charge in [-0.15, -0.1) is 0 Å². The van der Waals surface area contributed by atoms with Crippen molar-refractivity contribution < 1.29 is 29.5 Å². The monoisotopic (exact) mass is 549 g/mol. The van der Waals surface area contributed by atoms with E-state index < -0.39 is 31.0 Å². The van der Waals surface area contributed by atoms with Gasteiger partial charge in [0.1, 0.15) is 5.75 Å². The Bertz CT molecular complexity index is 1490. The Morgan fingerprint density at radius 3 is 2.29 bits per heavy atom. The molecule has 3 aromatic rings. The average Bonchev–Trinajstić information content (AvgIpc) is 3.25. The maximum absolute atomic E-state index is 13.8. The normalized spacial score (nSPS) is 24.5. The van der Waals surface area contributed by atoms with E-state index in [9.17, 15) is 24.8 Å². The SMILES string of the molecule is O=C1[C@@H]2[C@@H](CC(CO)=C3[C@@H](CC/C(=C/c4ccc(O)cc4)c4ccccc4)OB(O)C[C@@H]32)C(=O)N1c1ccccc1. The van der Waals surface area contributed by atoms with Crippen molar-refractivity contribution in [1.82, 2.24) is 0 Å². The van der Waals surface area contributed by atoms with E-state index in [1.807, 2.05) is 48.5 Å². The number of nitrogens with zero attached hydrogens (tertiary/aromatic N) is 1. The van der Waals surface area contributed by atoms with Gasteiger partial charge in [-0.2, -0.15) is 0 Å². The van der Waals surface area contributed by atoms with Crippen molar-refractivity contribution in [3.63, 3.8) is 0 Å². The number of hydrogen-bond acceptors (Lipinski definition) is 6. The quantitative estimate of drug-likeness (QED) is 0.171. The lowest BCUT2D eigenvalue weighted by molar-refractivity contribution is -0.122. The molecule has 2 heterocycles. The van der Waals surface area contributed by atoms with Crippen LogP contribution in [0.25, 0.3) is 11.6 Å². The summed E-state index contributed by atoms with van der Waals surface area (Å²) in [4.78, 5) is 28.5.